The number of rotatable bonds is 1. The second-order valence-electron chi connectivity index (χ2n) is 2.42. The number of aliphatic hydroxyl groups is 1. The molecule has 2 nitrogen and oxygen atoms in total. The second kappa shape index (κ2) is 5.49. The summed E-state index contributed by atoms with van der Waals surface area (Å²) in [4.78, 5) is 0. The van der Waals surface area contributed by atoms with Crippen molar-refractivity contribution in [2.75, 3.05) is 6.61 Å². The molecule has 1 aliphatic rings. The molecule has 0 aliphatic carbocycles. The molecule has 1 rings (SSSR count). The van der Waals surface area contributed by atoms with Crippen molar-refractivity contribution in [2.24, 2.45) is 0 Å². The topological polar surface area (TPSA) is 29.5 Å². The third-order valence-electron chi connectivity index (χ3n) is 1.55. The summed E-state index contributed by atoms with van der Waals surface area (Å²) in [6, 6.07) is 0. The molecule has 68 valence electrons. The van der Waals surface area contributed by atoms with Crippen molar-refractivity contribution < 1.29 is 14.2 Å². The third-order valence-corrected chi connectivity index (χ3v) is 1.55. The monoisotopic (exact) mass is 164 g/mol. The van der Waals surface area contributed by atoms with E-state index in [2.05, 4.69) is 0 Å². The number of aliphatic hydroxyl groups excluding tert-OH is 1. The highest BCUT2D eigenvalue weighted by Gasteiger charge is 2.31. The van der Waals surface area contributed by atoms with E-state index in [9.17, 15) is 4.39 Å². The molecule has 0 radical (unpaired) electrons. The van der Waals surface area contributed by atoms with Crippen LogP contribution in [0.2, 0.25) is 0 Å². The van der Waals surface area contributed by atoms with Crippen LogP contribution in [0, 0.1) is 0 Å². The summed E-state index contributed by atoms with van der Waals surface area (Å²) < 4.78 is 17.6. The molecule has 3 atom stereocenters. The summed E-state index contributed by atoms with van der Waals surface area (Å²) >= 11 is 0. The Morgan fingerprint density at radius 2 is 2.09 bits per heavy atom. The number of halogens is 1. The number of hydrogen-bond acceptors (Lipinski definition) is 2. The minimum absolute atomic E-state index is 0.0304. The average Bonchev–Trinajstić information content (AvgIpc) is 2.33. The van der Waals surface area contributed by atoms with E-state index in [1.54, 1.807) is 0 Å². The average molecular weight is 164 g/mol. The molecule has 0 spiro atoms. The van der Waals surface area contributed by atoms with E-state index in [4.69, 9.17) is 9.84 Å². The van der Waals surface area contributed by atoms with Crippen molar-refractivity contribution in [3.63, 3.8) is 0 Å². The smallest absolute Gasteiger partial charge is 0.131 e. The van der Waals surface area contributed by atoms with Crippen LogP contribution in [0.1, 0.15) is 27.2 Å². The van der Waals surface area contributed by atoms with Gasteiger partial charge in [0.25, 0.3) is 0 Å². The van der Waals surface area contributed by atoms with E-state index in [1.165, 1.54) is 0 Å². The second-order valence-corrected chi connectivity index (χ2v) is 2.42. The van der Waals surface area contributed by atoms with E-state index in [1.807, 2.05) is 20.8 Å². The summed E-state index contributed by atoms with van der Waals surface area (Å²) in [6.45, 7) is 5.60. The minimum Gasteiger partial charge on any atom is -0.394 e. The van der Waals surface area contributed by atoms with Gasteiger partial charge in [-0.3, -0.25) is 0 Å². The molecular weight excluding hydrogens is 147 g/mol. The van der Waals surface area contributed by atoms with Crippen LogP contribution in [0.4, 0.5) is 4.39 Å². The lowest BCUT2D eigenvalue weighted by atomic mass is 10.2. The molecule has 1 fully saturated rings. The Balaban J connectivity index is 0.000000461. The SMILES string of the molecule is CC.CC1CC(F)C(CO)O1. The van der Waals surface area contributed by atoms with E-state index < -0.39 is 12.3 Å². The Kier molecular flexibility index (Phi) is 5.42. The summed E-state index contributed by atoms with van der Waals surface area (Å²) in [5.74, 6) is 0. The van der Waals surface area contributed by atoms with E-state index >= 15 is 0 Å². The van der Waals surface area contributed by atoms with Gasteiger partial charge >= 0.3 is 0 Å². The first kappa shape index (κ1) is 10.8. The number of ether oxygens (including phenoxy) is 1. The van der Waals surface area contributed by atoms with Gasteiger partial charge in [0.1, 0.15) is 12.3 Å². The first-order valence-corrected chi connectivity index (χ1v) is 4.14. The highest BCUT2D eigenvalue weighted by atomic mass is 19.1. The fourth-order valence-electron chi connectivity index (χ4n) is 1.07. The molecule has 3 heteroatoms. The van der Waals surface area contributed by atoms with Gasteiger partial charge in [0.05, 0.1) is 12.7 Å². The van der Waals surface area contributed by atoms with Gasteiger partial charge in [-0.15, -0.1) is 0 Å². The maximum Gasteiger partial charge on any atom is 0.131 e. The maximum absolute atomic E-state index is 12.6. The van der Waals surface area contributed by atoms with Gasteiger partial charge in [-0.2, -0.15) is 0 Å². The van der Waals surface area contributed by atoms with Crippen LogP contribution in [-0.2, 0) is 4.74 Å². The number of alkyl halides is 1. The predicted octanol–water partition coefficient (Wildman–Crippen LogP) is 1.52. The molecule has 0 aromatic rings. The molecule has 0 saturated carbocycles. The molecule has 1 aliphatic heterocycles. The molecule has 0 aromatic carbocycles. The predicted molar refractivity (Wildman–Crippen MR) is 42.3 cm³/mol. The zero-order chi connectivity index (χ0) is 8.85. The van der Waals surface area contributed by atoms with Crippen LogP contribution in [-0.4, -0.2) is 30.1 Å². The fraction of sp³-hybridized carbons (Fsp3) is 1.00. The lowest BCUT2D eigenvalue weighted by molar-refractivity contribution is 0.000910. The molecule has 0 bridgehead atoms. The number of hydrogen-bond donors (Lipinski definition) is 1. The third kappa shape index (κ3) is 3.16. The normalized spacial score (nSPS) is 36.3. The molecule has 1 N–H and O–H groups in total. The molecule has 3 unspecified atom stereocenters. The Bertz CT molecular complexity index is 98.1. The van der Waals surface area contributed by atoms with Crippen LogP contribution in [0.3, 0.4) is 0 Å². The van der Waals surface area contributed by atoms with Gasteiger partial charge in [0, 0.05) is 6.42 Å². The molecule has 1 heterocycles. The van der Waals surface area contributed by atoms with Crippen molar-refractivity contribution in [1.29, 1.82) is 0 Å². The summed E-state index contributed by atoms with van der Waals surface area (Å²) in [5, 5.41) is 8.49. The molecule has 0 aromatic heterocycles. The quantitative estimate of drug-likeness (QED) is 0.636. The fourth-order valence-corrected chi connectivity index (χ4v) is 1.07. The van der Waals surface area contributed by atoms with Gasteiger partial charge in [0.2, 0.25) is 0 Å². The maximum atomic E-state index is 12.6. The van der Waals surface area contributed by atoms with Crippen LogP contribution in [0.25, 0.3) is 0 Å². The van der Waals surface area contributed by atoms with Gasteiger partial charge in [-0.25, -0.2) is 4.39 Å². The standard InChI is InChI=1S/C6H11FO2.C2H6/c1-4-2-5(7)6(3-8)9-4;1-2/h4-6,8H,2-3H2,1H3;1-2H3. The Labute approximate surface area is 67.4 Å². The summed E-state index contributed by atoms with van der Waals surface area (Å²) in [6.07, 6.45) is -1.15. The Hall–Kier alpha value is -0.150. The molecule has 1 saturated heterocycles. The van der Waals surface area contributed by atoms with Crippen LogP contribution >= 0.6 is 0 Å². The summed E-state index contributed by atoms with van der Waals surface area (Å²) in [5.41, 5.74) is 0. The largest absolute Gasteiger partial charge is 0.394 e. The lowest BCUT2D eigenvalue weighted by Gasteiger charge is -2.07. The molecule has 11 heavy (non-hydrogen) atoms. The van der Waals surface area contributed by atoms with Gasteiger partial charge < -0.3 is 9.84 Å². The Morgan fingerprint density at radius 1 is 1.55 bits per heavy atom. The van der Waals surface area contributed by atoms with Crippen molar-refractivity contribution in [3.05, 3.63) is 0 Å². The Morgan fingerprint density at radius 3 is 2.27 bits per heavy atom. The minimum atomic E-state index is -0.968. The lowest BCUT2D eigenvalue weighted by Crippen LogP contribution is -2.21. The molecular formula is C8H17FO2. The first-order chi connectivity index (χ1) is 5.24. The summed E-state index contributed by atoms with van der Waals surface area (Å²) in [7, 11) is 0. The van der Waals surface area contributed by atoms with E-state index in [0.29, 0.717) is 6.42 Å². The van der Waals surface area contributed by atoms with Crippen molar-refractivity contribution in [3.8, 4) is 0 Å². The van der Waals surface area contributed by atoms with E-state index in [-0.39, 0.29) is 12.7 Å². The van der Waals surface area contributed by atoms with Crippen LogP contribution < -0.4 is 0 Å². The highest BCUT2D eigenvalue weighted by molar-refractivity contribution is 4.79. The van der Waals surface area contributed by atoms with Gasteiger partial charge in [-0.1, -0.05) is 13.8 Å². The zero-order valence-electron chi connectivity index (χ0n) is 7.38. The zero-order valence-corrected chi connectivity index (χ0v) is 7.38. The van der Waals surface area contributed by atoms with E-state index in [0.717, 1.165) is 0 Å². The van der Waals surface area contributed by atoms with Crippen molar-refractivity contribution in [2.45, 2.75) is 45.6 Å². The highest BCUT2D eigenvalue weighted by Crippen LogP contribution is 2.21. The van der Waals surface area contributed by atoms with Gasteiger partial charge in [0.15, 0.2) is 0 Å². The van der Waals surface area contributed by atoms with Crippen LogP contribution in [0.5, 0.6) is 0 Å². The molecule has 0 amide bonds. The van der Waals surface area contributed by atoms with Crippen LogP contribution in [0.15, 0.2) is 0 Å². The van der Waals surface area contributed by atoms with Crippen molar-refractivity contribution >= 4 is 0 Å². The first-order valence-electron chi connectivity index (χ1n) is 4.14. The van der Waals surface area contributed by atoms with Crippen molar-refractivity contribution in [1.82, 2.24) is 0 Å². The van der Waals surface area contributed by atoms with Gasteiger partial charge in [-0.05, 0) is 6.92 Å².